The summed E-state index contributed by atoms with van der Waals surface area (Å²) in [6.07, 6.45) is 4.97. The molecule has 0 aromatic carbocycles. The van der Waals surface area contributed by atoms with E-state index in [4.69, 9.17) is 4.74 Å². The van der Waals surface area contributed by atoms with Crippen molar-refractivity contribution >= 4 is 23.6 Å². The minimum Gasteiger partial charge on any atom is -0.483 e. The van der Waals surface area contributed by atoms with Gasteiger partial charge in [0.1, 0.15) is 12.1 Å². The zero-order chi connectivity index (χ0) is 23.3. The molecule has 11 heteroatoms. The number of aromatic nitrogens is 4. The average molecular weight is 470 g/mol. The van der Waals surface area contributed by atoms with Gasteiger partial charge >= 0.3 is 6.03 Å². The number of rotatable bonds is 4. The van der Waals surface area contributed by atoms with Gasteiger partial charge in [0, 0.05) is 30.6 Å². The number of carbonyl (C=O) groups excluding carboxylic acids is 1. The van der Waals surface area contributed by atoms with Crippen LogP contribution in [0.1, 0.15) is 33.6 Å². The Kier molecular flexibility index (Phi) is 5.35. The number of amides is 2. The highest BCUT2D eigenvalue weighted by Crippen LogP contribution is 2.34. The molecule has 0 N–H and O–H groups in total. The standard InChI is InChI=1S/C22H24FN7O2S/c1-12-8-26-28(4)21(12)17-7-19(16(23)9-24-17)32-15-10-29(11-15)22(31)30-18(5-6-25-30)20-13(2)33-14(3)27-20/h6-9,15,18H,5,10-11H2,1-4H3. The van der Waals surface area contributed by atoms with Crippen molar-refractivity contribution in [1.82, 2.24) is 29.7 Å². The van der Waals surface area contributed by atoms with Crippen LogP contribution >= 0.6 is 11.3 Å². The largest absolute Gasteiger partial charge is 0.483 e. The minimum absolute atomic E-state index is 0.114. The number of pyridine rings is 1. The van der Waals surface area contributed by atoms with Gasteiger partial charge in [0.05, 0.1) is 47.6 Å². The van der Waals surface area contributed by atoms with Crippen LogP contribution in [-0.4, -0.2) is 61.1 Å². The van der Waals surface area contributed by atoms with E-state index in [9.17, 15) is 9.18 Å². The van der Waals surface area contributed by atoms with E-state index in [1.165, 1.54) is 5.01 Å². The summed E-state index contributed by atoms with van der Waals surface area (Å²) in [5.74, 6) is -0.426. The van der Waals surface area contributed by atoms with E-state index in [2.05, 4.69) is 20.2 Å². The molecule has 172 valence electrons. The number of hydrogen-bond acceptors (Lipinski definition) is 7. The molecule has 3 aromatic heterocycles. The number of nitrogens with zero attached hydrogens (tertiary/aromatic N) is 7. The molecule has 0 saturated carbocycles. The number of carbonyl (C=O) groups is 1. The molecule has 2 amide bonds. The van der Waals surface area contributed by atoms with E-state index in [1.54, 1.807) is 39.4 Å². The predicted molar refractivity (Wildman–Crippen MR) is 122 cm³/mol. The second-order valence-corrected chi connectivity index (χ2v) is 9.70. The van der Waals surface area contributed by atoms with Crippen LogP contribution in [0.15, 0.2) is 23.6 Å². The summed E-state index contributed by atoms with van der Waals surface area (Å²) in [6, 6.07) is 1.20. The maximum absolute atomic E-state index is 14.4. The summed E-state index contributed by atoms with van der Waals surface area (Å²) < 4.78 is 22.0. The minimum atomic E-state index is -0.540. The summed E-state index contributed by atoms with van der Waals surface area (Å²) in [6.45, 7) is 6.60. The van der Waals surface area contributed by atoms with Crippen molar-refractivity contribution < 1.29 is 13.9 Å². The van der Waals surface area contributed by atoms with Crippen molar-refractivity contribution in [3.05, 3.63) is 45.4 Å². The molecular formula is C22H24FN7O2S. The van der Waals surface area contributed by atoms with Gasteiger partial charge in [-0.15, -0.1) is 11.3 Å². The van der Waals surface area contributed by atoms with Crippen LogP contribution in [0.4, 0.5) is 9.18 Å². The monoisotopic (exact) mass is 469 g/mol. The van der Waals surface area contributed by atoms with E-state index in [-0.39, 0.29) is 23.9 Å². The van der Waals surface area contributed by atoms with Crippen LogP contribution in [0.2, 0.25) is 0 Å². The third kappa shape index (κ3) is 3.86. The van der Waals surface area contributed by atoms with Gasteiger partial charge in [0.15, 0.2) is 11.6 Å². The van der Waals surface area contributed by atoms with E-state index < -0.39 is 5.82 Å². The molecule has 33 heavy (non-hydrogen) atoms. The van der Waals surface area contributed by atoms with Gasteiger partial charge in [0.2, 0.25) is 0 Å². The topological polar surface area (TPSA) is 88.7 Å². The number of hydrazone groups is 1. The van der Waals surface area contributed by atoms with E-state index in [0.29, 0.717) is 25.2 Å². The lowest BCUT2D eigenvalue weighted by molar-refractivity contribution is 0.0255. The number of urea groups is 1. The van der Waals surface area contributed by atoms with Gasteiger partial charge in [-0.25, -0.2) is 19.2 Å². The Morgan fingerprint density at radius 1 is 1.24 bits per heavy atom. The van der Waals surface area contributed by atoms with Gasteiger partial charge in [-0.2, -0.15) is 10.2 Å². The van der Waals surface area contributed by atoms with Crippen molar-refractivity contribution in [3.8, 4) is 17.1 Å². The fourth-order valence-electron chi connectivity index (χ4n) is 4.23. The summed E-state index contributed by atoms with van der Waals surface area (Å²) in [5.41, 5.74) is 3.22. The summed E-state index contributed by atoms with van der Waals surface area (Å²) in [5, 5.41) is 11.0. The number of ether oxygens (including phenoxy) is 1. The predicted octanol–water partition coefficient (Wildman–Crippen LogP) is 3.62. The highest BCUT2D eigenvalue weighted by molar-refractivity contribution is 7.11. The molecule has 5 heterocycles. The highest BCUT2D eigenvalue weighted by Gasteiger charge is 2.40. The van der Waals surface area contributed by atoms with Crippen LogP contribution in [0.5, 0.6) is 5.75 Å². The fraction of sp³-hybridized carbons (Fsp3) is 0.409. The number of aryl methyl sites for hydroxylation is 4. The summed E-state index contributed by atoms with van der Waals surface area (Å²) >= 11 is 1.62. The number of hydrogen-bond donors (Lipinski definition) is 0. The van der Waals surface area contributed by atoms with Crippen LogP contribution in [0.25, 0.3) is 11.4 Å². The normalized spacial score (nSPS) is 18.2. The smallest absolute Gasteiger partial charge is 0.341 e. The summed E-state index contributed by atoms with van der Waals surface area (Å²) in [7, 11) is 1.81. The molecule has 3 aromatic rings. The second-order valence-electron chi connectivity index (χ2n) is 8.30. The zero-order valence-corrected chi connectivity index (χ0v) is 19.6. The Bertz CT molecular complexity index is 1230. The van der Waals surface area contributed by atoms with Crippen LogP contribution in [0.3, 0.4) is 0 Å². The third-order valence-corrected chi connectivity index (χ3v) is 6.78. The van der Waals surface area contributed by atoms with Crippen molar-refractivity contribution in [3.63, 3.8) is 0 Å². The van der Waals surface area contributed by atoms with E-state index in [1.807, 2.05) is 27.8 Å². The lowest BCUT2D eigenvalue weighted by Crippen LogP contribution is -2.59. The lowest BCUT2D eigenvalue weighted by Gasteiger charge is -2.40. The van der Waals surface area contributed by atoms with Crippen LogP contribution < -0.4 is 4.74 Å². The Morgan fingerprint density at radius 3 is 2.70 bits per heavy atom. The Balaban J connectivity index is 1.25. The molecule has 0 aliphatic carbocycles. The number of thiazole rings is 1. The lowest BCUT2D eigenvalue weighted by atomic mass is 10.1. The molecule has 2 aliphatic heterocycles. The molecule has 5 rings (SSSR count). The molecule has 1 saturated heterocycles. The number of likely N-dealkylation sites (tertiary alicyclic amines) is 1. The van der Waals surface area contributed by atoms with Crippen LogP contribution in [0, 0.1) is 26.6 Å². The molecule has 0 bridgehead atoms. The molecule has 1 fully saturated rings. The molecule has 1 unspecified atom stereocenters. The molecule has 2 aliphatic rings. The first-order valence-corrected chi connectivity index (χ1v) is 11.5. The SMILES string of the molecule is Cc1nc(C2CC=NN2C(=O)N2CC(Oc3cc(-c4c(C)cnn4C)ncc3F)C2)c(C)s1. The Labute approximate surface area is 194 Å². The maximum atomic E-state index is 14.4. The first kappa shape index (κ1) is 21.5. The van der Waals surface area contributed by atoms with Gasteiger partial charge in [-0.1, -0.05) is 0 Å². The van der Waals surface area contributed by atoms with Crippen molar-refractivity contribution in [2.24, 2.45) is 12.1 Å². The van der Waals surface area contributed by atoms with Gasteiger partial charge in [-0.05, 0) is 26.3 Å². The molecule has 9 nitrogen and oxygen atoms in total. The van der Waals surface area contributed by atoms with Crippen LogP contribution in [-0.2, 0) is 7.05 Å². The average Bonchev–Trinajstić information content (AvgIpc) is 3.44. The van der Waals surface area contributed by atoms with Crippen molar-refractivity contribution in [1.29, 1.82) is 0 Å². The van der Waals surface area contributed by atoms with E-state index in [0.717, 1.165) is 33.0 Å². The van der Waals surface area contributed by atoms with E-state index >= 15 is 0 Å². The molecule has 0 radical (unpaired) electrons. The fourth-order valence-corrected chi connectivity index (χ4v) is 5.10. The quantitative estimate of drug-likeness (QED) is 0.582. The van der Waals surface area contributed by atoms with Gasteiger partial charge in [-0.3, -0.25) is 9.67 Å². The Morgan fingerprint density at radius 2 is 2.03 bits per heavy atom. The summed E-state index contributed by atoms with van der Waals surface area (Å²) in [4.78, 5) is 24.6. The Hall–Kier alpha value is -3.34. The zero-order valence-electron chi connectivity index (χ0n) is 18.8. The first-order chi connectivity index (χ1) is 15.8. The first-order valence-electron chi connectivity index (χ1n) is 10.7. The van der Waals surface area contributed by atoms with Gasteiger partial charge < -0.3 is 9.64 Å². The molecule has 0 spiro atoms. The molecular weight excluding hydrogens is 445 g/mol. The molecule has 1 atom stereocenters. The third-order valence-electron chi connectivity index (χ3n) is 5.88. The van der Waals surface area contributed by atoms with Crippen molar-refractivity contribution in [2.75, 3.05) is 13.1 Å². The highest BCUT2D eigenvalue weighted by atomic mass is 32.1. The van der Waals surface area contributed by atoms with Crippen molar-refractivity contribution in [2.45, 2.75) is 39.3 Å². The van der Waals surface area contributed by atoms with Gasteiger partial charge in [0.25, 0.3) is 0 Å². The number of halogens is 1. The maximum Gasteiger partial charge on any atom is 0.341 e. The second kappa shape index (κ2) is 8.22.